The molecule has 2 aromatic heterocycles. The zero-order valence-corrected chi connectivity index (χ0v) is 15.2. The van der Waals surface area contributed by atoms with Gasteiger partial charge in [-0.3, -0.25) is 9.48 Å². The molecule has 4 rings (SSSR count). The van der Waals surface area contributed by atoms with E-state index in [-0.39, 0.29) is 11.9 Å². The third-order valence-electron chi connectivity index (χ3n) is 5.31. The molecule has 0 N–H and O–H groups in total. The molecule has 1 atom stereocenters. The normalized spacial score (nSPS) is 16.5. The van der Waals surface area contributed by atoms with Gasteiger partial charge in [0.15, 0.2) is 0 Å². The predicted octanol–water partition coefficient (Wildman–Crippen LogP) is 2.64. The van der Waals surface area contributed by atoms with Crippen LogP contribution >= 0.6 is 0 Å². The Bertz CT molecular complexity index is 911. The lowest BCUT2D eigenvalue weighted by Crippen LogP contribution is -2.41. The van der Waals surface area contributed by atoms with Gasteiger partial charge in [0.25, 0.3) is 0 Å². The van der Waals surface area contributed by atoms with E-state index in [1.807, 2.05) is 60.3 Å². The van der Waals surface area contributed by atoms with Crippen LogP contribution in [-0.4, -0.2) is 30.1 Å². The van der Waals surface area contributed by atoms with Crippen LogP contribution in [-0.2, 0) is 31.4 Å². The predicted molar refractivity (Wildman–Crippen MR) is 98.2 cm³/mol. The number of hydrogen-bond donors (Lipinski definition) is 0. The van der Waals surface area contributed by atoms with E-state index in [0.717, 1.165) is 29.2 Å². The van der Waals surface area contributed by atoms with Gasteiger partial charge in [-0.25, -0.2) is 4.98 Å². The van der Waals surface area contributed by atoms with Gasteiger partial charge in [0.1, 0.15) is 5.82 Å². The number of amides is 1. The van der Waals surface area contributed by atoms with Gasteiger partial charge in [0, 0.05) is 38.1 Å². The second-order valence-corrected chi connectivity index (χ2v) is 6.82. The Kier molecular flexibility index (Phi) is 4.32. The minimum Gasteiger partial charge on any atom is -0.331 e. The summed E-state index contributed by atoms with van der Waals surface area (Å²) in [6.07, 6.45) is 6.86. The third-order valence-corrected chi connectivity index (χ3v) is 5.31. The summed E-state index contributed by atoms with van der Waals surface area (Å²) >= 11 is 0. The molecule has 0 saturated carbocycles. The van der Waals surface area contributed by atoms with Crippen molar-refractivity contribution < 1.29 is 4.79 Å². The van der Waals surface area contributed by atoms with E-state index in [2.05, 4.69) is 26.8 Å². The molecular weight excluding hydrogens is 326 g/mol. The quantitative estimate of drug-likeness (QED) is 0.728. The van der Waals surface area contributed by atoms with E-state index in [9.17, 15) is 4.79 Å². The van der Waals surface area contributed by atoms with Gasteiger partial charge in [0.2, 0.25) is 5.91 Å². The molecule has 1 aromatic carbocycles. The van der Waals surface area contributed by atoms with Crippen LogP contribution in [0.3, 0.4) is 0 Å². The fraction of sp³-hybridized carbons (Fsp3) is 0.350. The molecule has 1 amide bonds. The summed E-state index contributed by atoms with van der Waals surface area (Å²) in [5.74, 6) is 1.11. The van der Waals surface area contributed by atoms with Gasteiger partial charge in [-0.05, 0) is 24.5 Å². The average Bonchev–Trinajstić information content (AvgIpc) is 3.26. The summed E-state index contributed by atoms with van der Waals surface area (Å²) in [5, 5.41) is 4.27. The van der Waals surface area contributed by atoms with Crippen LogP contribution < -0.4 is 0 Å². The van der Waals surface area contributed by atoms with Gasteiger partial charge < -0.3 is 9.47 Å². The maximum absolute atomic E-state index is 13.1. The monoisotopic (exact) mass is 349 g/mol. The molecule has 0 radical (unpaired) electrons. The van der Waals surface area contributed by atoms with Crippen LogP contribution in [0.2, 0.25) is 0 Å². The Morgan fingerprint density at radius 1 is 1.27 bits per heavy atom. The molecule has 134 valence electrons. The van der Waals surface area contributed by atoms with Crippen molar-refractivity contribution in [3.8, 4) is 0 Å². The Balaban J connectivity index is 1.55. The number of aryl methyl sites for hydroxylation is 2. The zero-order valence-electron chi connectivity index (χ0n) is 15.2. The second kappa shape index (κ2) is 6.78. The van der Waals surface area contributed by atoms with E-state index in [1.165, 1.54) is 0 Å². The van der Waals surface area contributed by atoms with Crippen molar-refractivity contribution in [2.24, 2.45) is 7.05 Å². The van der Waals surface area contributed by atoms with Crippen LogP contribution in [0.5, 0.6) is 0 Å². The fourth-order valence-corrected chi connectivity index (χ4v) is 3.60. The van der Waals surface area contributed by atoms with Crippen molar-refractivity contribution in [2.45, 2.75) is 38.9 Å². The molecule has 0 unspecified atom stereocenters. The number of fused-ring (bicyclic) bond motifs is 1. The lowest BCUT2D eigenvalue weighted by Gasteiger charge is -2.36. The molecule has 0 saturated heterocycles. The van der Waals surface area contributed by atoms with Crippen LogP contribution in [0.25, 0.3) is 0 Å². The maximum atomic E-state index is 13.1. The summed E-state index contributed by atoms with van der Waals surface area (Å²) in [5.41, 5.74) is 3.42. The number of benzene rings is 1. The Morgan fingerprint density at radius 3 is 2.81 bits per heavy atom. The lowest BCUT2D eigenvalue weighted by atomic mass is 10.0. The number of aromatic nitrogens is 4. The van der Waals surface area contributed by atoms with E-state index in [0.29, 0.717) is 19.4 Å². The van der Waals surface area contributed by atoms with Crippen molar-refractivity contribution in [1.82, 2.24) is 24.2 Å². The Hall–Kier alpha value is -2.89. The first-order chi connectivity index (χ1) is 12.6. The highest BCUT2D eigenvalue weighted by molar-refractivity contribution is 5.77. The Morgan fingerprint density at radius 2 is 2.08 bits per heavy atom. The largest absolute Gasteiger partial charge is 0.331 e. The molecule has 3 heterocycles. The van der Waals surface area contributed by atoms with E-state index < -0.39 is 0 Å². The highest BCUT2D eigenvalue weighted by Gasteiger charge is 2.31. The molecule has 0 spiro atoms. The van der Waals surface area contributed by atoms with Gasteiger partial charge >= 0.3 is 0 Å². The average molecular weight is 349 g/mol. The zero-order chi connectivity index (χ0) is 18.1. The molecule has 26 heavy (non-hydrogen) atoms. The molecule has 1 aliphatic heterocycles. The summed E-state index contributed by atoms with van der Waals surface area (Å²) in [6.45, 7) is 3.34. The van der Waals surface area contributed by atoms with Crippen LogP contribution in [0, 0.1) is 6.92 Å². The van der Waals surface area contributed by atoms with Crippen molar-refractivity contribution in [1.29, 1.82) is 0 Å². The molecule has 0 aliphatic carbocycles. The minimum atomic E-state index is 0.0420. The van der Waals surface area contributed by atoms with E-state index in [4.69, 9.17) is 0 Å². The first-order valence-corrected chi connectivity index (χ1v) is 8.95. The number of rotatable bonds is 4. The van der Waals surface area contributed by atoms with Crippen molar-refractivity contribution in [2.75, 3.05) is 0 Å². The maximum Gasteiger partial charge on any atom is 0.223 e. The van der Waals surface area contributed by atoms with E-state index >= 15 is 0 Å². The standard InChI is InChI=1S/C20H23N5O/c1-15-17(12-22-23(15)2)8-9-20(26)25-14-19-21-10-11-24(19)13-18(25)16-6-4-3-5-7-16/h3-7,10-12,18H,8-9,13-14H2,1-2H3/t18-/m1/s1. The summed E-state index contributed by atoms with van der Waals surface area (Å²) in [7, 11) is 1.93. The lowest BCUT2D eigenvalue weighted by molar-refractivity contribution is -0.135. The molecule has 1 aliphatic rings. The molecule has 3 aromatic rings. The first-order valence-electron chi connectivity index (χ1n) is 8.95. The molecule has 6 nitrogen and oxygen atoms in total. The summed E-state index contributed by atoms with van der Waals surface area (Å²) < 4.78 is 4.00. The number of carbonyl (C=O) groups is 1. The highest BCUT2D eigenvalue weighted by Crippen LogP contribution is 2.30. The van der Waals surface area contributed by atoms with Gasteiger partial charge in [-0.2, -0.15) is 5.10 Å². The molecule has 0 fully saturated rings. The summed E-state index contributed by atoms with van der Waals surface area (Å²) in [6, 6.07) is 10.3. The van der Waals surface area contributed by atoms with Gasteiger partial charge in [0.05, 0.1) is 18.8 Å². The second-order valence-electron chi connectivity index (χ2n) is 6.82. The molecule has 6 heteroatoms. The summed E-state index contributed by atoms with van der Waals surface area (Å²) in [4.78, 5) is 19.5. The topological polar surface area (TPSA) is 56.0 Å². The van der Waals surface area contributed by atoms with Crippen molar-refractivity contribution in [3.63, 3.8) is 0 Å². The van der Waals surface area contributed by atoms with Crippen LogP contribution in [0.4, 0.5) is 0 Å². The smallest absolute Gasteiger partial charge is 0.223 e. The van der Waals surface area contributed by atoms with Crippen LogP contribution in [0.1, 0.15) is 35.1 Å². The molecular formula is C20H23N5O. The number of carbonyl (C=O) groups excluding carboxylic acids is 1. The number of nitrogens with zero attached hydrogens (tertiary/aromatic N) is 5. The molecule has 0 bridgehead atoms. The van der Waals surface area contributed by atoms with Crippen molar-refractivity contribution in [3.05, 3.63) is 71.6 Å². The third kappa shape index (κ3) is 3.03. The number of imidazole rings is 1. The highest BCUT2D eigenvalue weighted by atomic mass is 16.2. The van der Waals surface area contributed by atoms with Gasteiger partial charge in [-0.1, -0.05) is 30.3 Å². The fourth-order valence-electron chi connectivity index (χ4n) is 3.60. The first kappa shape index (κ1) is 16.6. The Labute approximate surface area is 153 Å². The van der Waals surface area contributed by atoms with Gasteiger partial charge in [-0.15, -0.1) is 0 Å². The van der Waals surface area contributed by atoms with Crippen LogP contribution in [0.15, 0.2) is 48.9 Å². The number of hydrogen-bond acceptors (Lipinski definition) is 3. The van der Waals surface area contributed by atoms with Crippen molar-refractivity contribution >= 4 is 5.91 Å². The van der Waals surface area contributed by atoms with E-state index in [1.54, 1.807) is 0 Å². The minimum absolute atomic E-state index is 0.0420. The SMILES string of the molecule is Cc1c(CCC(=O)N2Cc3nccn3C[C@@H]2c2ccccc2)cnn1C.